The average Bonchev–Trinajstić information content (AvgIpc) is 2.86. The number of benzene rings is 2. The van der Waals surface area contributed by atoms with Crippen LogP contribution in [0.25, 0.3) is 0 Å². The van der Waals surface area contributed by atoms with Crippen LogP contribution in [0.4, 0.5) is 18.4 Å². The van der Waals surface area contributed by atoms with Crippen molar-refractivity contribution in [1.82, 2.24) is 16.0 Å². The van der Waals surface area contributed by atoms with Crippen LogP contribution < -0.4 is 21.7 Å². The predicted octanol–water partition coefficient (Wildman–Crippen LogP) is 4.82. The lowest BCUT2D eigenvalue weighted by Crippen LogP contribution is -2.41. The number of carboxylic acids is 1. The fourth-order valence-electron chi connectivity index (χ4n) is 2.89. The van der Waals surface area contributed by atoms with Gasteiger partial charge in [-0.3, -0.25) is 4.79 Å². The number of hydrogen-bond donors (Lipinski definition) is 5. The van der Waals surface area contributed by atoms with Crippen LogP contribution >= 0.6 is 0 Å². The molecule has 11 nitrogen and oxygen atoms in total. The molecule has 0 saturated carbocycles. The van der Waals surface area contributed by atoms with E-state index in [9.17, 15) is 28.0 Å². The molecule has 0 heterocycles. The second-order valence-electron chi connectivity index (χ2n) is 10.2. The quantitative estimate of drug-likeness (QED) is 0.315. The molecule has 2 rings (SSSR count). The van der Waals surface area contributed by atoms with Crippen molar-refractivity contribution in [2.24, 2.45) is 5.73 Å². The number of hydrogen-bond acceptors (Lipinski definition) is 7. The van der Waals surface area contributed by atoms with E-state index in [2.05, 4.69) is 21.7 Å². The van der Waals surface area contributed by atoms with Gasteiger partial charge in [0.2, 0.25) is 5.91 Å². The average molecular weight is 599 g/mol. The lowest BCUT2D eigenvalue weighted by Gasteiger charge is -2.23. The number of rotatable bonds is 6. The first kappa shape index (κ1) is 39.9. The van der Waals surface area contributed by atoms with Gasteiger partial charge in [0.25, 0.3) is 0 Å². The summed E-state index contributed by atoms with van der Waals surface area (Å²) in [6, 6.07) is 7.95. The smallest absolute Gasteiger partial charge is 0.408 e. The number of nitrogens with two attached hydrogens (primary N) is 1. The zero-order valence-electron chi connectivity index (χ0n) is 24.5. The Balaban J connectivity index is 0. The number of likely N-dealkylation sites (N-methyl/N-ethyl adjacent to an activating group) is 1. The highest BCUT2D eigenvalue weighted by atomic mass is 19.1. The molecule has 42 heavy (non-hydrogen) atoms. The van der Waals surface area contributed by atoms with Crippen LogP contribution in [-0.4, -0.2) is 54.5 Å². The summed E-state index contributed by atoms with van der Waals surface area (Å²) in [6.07, 6.45) is -1.56. The molecule has 236 valence electrons. The SMILES string of the molecule is C.CC(C)(C)OC(=O)N[C@H](C(=O)O)c1ccc(F)cc1.CN.CNC(=O)[C@@H](NC(=O)OC(C)(C)C)c1ccc(F)cc1. The van der Waals surface area contributed by atoms with Crippen molar-refractivity contribution < 1.29 is 42.5 Å². The zero-order chi connectivity index (χ0) is 32.0. The number of alkyl carbamates (subject to hydrolysis) is 2. The van der Waals surface area contributed by atoms with E-state index >= 15 is 0 Å². The van der Waals surface area contributed by atoms with Gasteiger partial charge in [0.1, 0.15) is 28.9 Å². The topological polar surface area (TPSA) is 169 Å². The maximum Gasteiger partial charge on any atom is 0.408 e. The second-order valence-corrected chi connectivity index (χ2v) is 10.2. The standard InChI is InChI=1S/C14H19FN2O3.C13H16FNO4.CH5N.CH4/c1-14(2,3)20-13(19)17-11(12(18)16-4)9-5-7-10(15)8-6-9;1-13(2,3)19-12(18)15-10(11(16)17)8-4-6-9(14)7-5-8;1-2;/h5-8,11H,1-4H3,(H,16,18)(H,17,19);4-7,10H,1-3H3,(H,15,18)(H,16,17);2H2,1H3;1H4/t11-;10-;;/m00../s1. The third kappa shape index (κ3) is 16.1. The minimum Gasteiger partial charge on any atom is -0.479 e. The van der Waals surface area contributed by atoms with E-state index in [0.29, 0.717) is 5.56 Å². The third-order valence-corrected chi connectivity index (χ3v) is 4.48. The molecule has 0 aliphatic rings. The minimum atomic E-state index is -1.28. The molecular formula is C29H44F2N4O7. The van der Waals surface area contributed by atoms with Crippen molar-refractivity contribution in [3.8, 4) is 0 Å². The Bertz CT molecular complexity index is 1130. The molecule has 0 unspecified atom stereocenters. The van der Waals surface area contributed by atoms with Crippen LogP contribution in [0, 0.1) is 11.6 Å². The molecule has 2 atom stereocenters. The molecule has 3 amide bonds. The van der Waals surface area contributed by atoms with Gasteiger partial charge in [0.15, 0.2) is 6.04 Å². The van der Waals surface area contributed by atoms with Gasteiger partial charge in [0.05, 0.1) is 0 Å². The number of nitrogens with one attached hydrogen (secondary N) is 3. The third-order valence-electron chi connectivity index (χ3n) is 4.48. The Kier molecular flexibility index (Phi) is 17.3. The highest BCUT2D eigenvalue weighted by molar-refractivity contribution is 5.86. The number of ether oxygens (including phenoxy) is 2. The maximum atomic E-state index is 12.9. The molecule has 0 saturated heterocycles. The molecule has 0 aromatic heterocycles. The van der Waals surface area contributed by atoms with Gasteiger partial charge in [-0.1, -0.05) is 31.7 Å². The van der Waals surface area contributed by atoms with Crippen molar-refractivity contribution >= 4 is 24.1 Å². The molecule has 0 radical (unpaired) electrons. The first-order chi connectivity index (χ1) is 18.9. The molecule has 2 aromatic rings. The molecule has 6 N–H and O–H groups in total. The second kappa shape index (κ2) is 18.2. The largest absolute Gasteiger partial charge is 0.479 e. The van der Waals surface area contributed by atoms with E-state index in [1.807, 2.05) is 0 Å². The van der Waals surface area contributed by atoms with Crippen LogP contribution in [0.2, 0.25) is 0 Å². The zero-order valence-corrected chi connectivity index (χ0v) is 24.5. The van der Waals surface area contributed by atoms with Crippen LogP contribution in [0.5, 0.6) is 0 Å². The van der Waals surface area contributed by atoms with Crippen molar-refractivity contribution in [3.63, 3.8) is 0 Å². The Morgan fingerprint density at radius 1 is 0.714 bits per heavy atom. The fraction of sp³-hybridized carbons (Fsp3) is 0.448. The molecule has 0 fully saturated rings. The van der Waals surface area contributed by atoms with Gasteiger partial charge in [-0.05, 0) is 84.0 Å². The fourth-order valence-corrected chi connectivity index (χ4v) is 2.89. The Labute approximate surface area is 246 Å². The summed E-state index contributed by atoms with van der Waals surface area (Å²) in [4.78, 5) is 46.2. The van der Waals surface area contributed by atoms with E-state index in [-0.39, 0.29) is 13.0 Å². The van der Waals surface area contributed by atoms with Crippen molar-refractivity contribution in [3.05, 3.63) is 71.3 Å². The van der Waals surface area contributed by atoms with Gasteiger partial charge in [0, 0.05) is 7.05 Å². The van der Waals surface area contributed by atoms with Crippen LogP contribution in [0.3, 0.4) is 0 Å². The van der Waals surface area contributed by atoms with E-state index in [4.69, 9.17) is 14.6 Å². The van der Waals surface area contributed by atoms with Crippen LogP contribution in [0.15, 0.2) is 48.5 Å². The van der Waals surface area contributed by atoms with E-state index in [1.54, 1.807) is 41.5 Å². The summed E-state index contributed by atoms with van der Waals surface area (Å²) in [7, 11) is 2.95. The van der Waals surface area contributed by atoms with Crippen LogP contribution in [-0.2, 0) is 19.1 Å². The lowest BCUT2D eigenvalue weighted by molar-refractivity contribution is -0.139. The van der Waals surface area contributed by atoms with E-state index < -0.39 is 59.0 Å². The van der Waals surface area contributed by atoms with Crippen molar-refractivity contribution in [1.29, 1.82) is 0 Å². The number of halogens is 2. The number of carbonyl (C=O) groups excluding carboxylic acids is 3. The summed E-state index contributed by atoms with van der Waals surface area (Å²) >= 11 is 0. The molecule has 0 aliphatic carbocycles. The molecule has 0 aliphatic heterocycles. The highest BCUT2D eigenvalue weighted by Gasteiger charge is 2.26. The molecule has 0 bridgehead atoms. The summed E-state index contributed by atoms with van der Waals surface area (Å²) in [6.45, 7) is 10.2. The van der Waals surface area contributed by atoms with Gasteiger partial charge in [-0.15, -0.1) is 0 Å². The monoisotopic (exact) mass is 598 g/mol. The first-order valence-corrected chi connectivity index (χ1v) is 12.4. The van der Waals surface area contributed by atoms with E-state index in [1.165, 1.54) is 50.5 Å². The predicted molar refractivity (Wildman–Crippen MR) is 156 cm³/mol. The van der Waals surface area contributed by atoms with Crippen LogP contribution in [0.1, 0.15) is 72.2 Å². The number of carbonyl (C=O) groups is 4. The molecule has 2 aromatic carbocycles. The number of carboxylic acid groups (broad SMARTS) is 1. The van der Waals surface area contributed by atoms with Gasteiger partial charge >= 0.3 is 18.2 Å². The Hall–Kier alpha value is -4.26. The Morgan fingerprint density at radius 2 is 1.02 bits per heavy atom. The summed E-state index contributed by atoms with van der Waals surface area (Å²) in [5, 5.41) is 16.2. The molecule has 13 heteroatoms. The van der Waals surface area contributed by atoms with Gasteiger partial charge in [-0.2, -0.15) is 0 Å². The van der Waals surface area contributed by atoms with Crippen molar-refractivity contribution in [2.45, 2.75) is 72.3 Å². The molecular weight excluding hydrogens is 554 g/mol. The maximum absolute atomic E-state index is 12.9. The van der Waals surface area contributed by atoms with Crippen molar-refractivity contribution in [2.75, 3.05) is 14.1 Å². The first-order valence-electron chi connectivity index (χ1n) is 12.4. The minimum absolute atomic E-state index is 0. The lowest BCUT2D eigenvalue weighted by atomic mass is 10.1. The molecule has 0 spiro atoms. The van der Waals surface area contributed by atoms with E-state index in [0.717, 1.165) is 12.1 Å². The normalized spacial score (nSPS) is 11.8. The summed E-state index contributed by atoms with van der Waals surface area (Å²) in [5.41, 5.74) is 3.84. The van der Waals surface area contributed by atoms with Gasteiger partial charge < -0.3 is 36.3 Å². The van der Waals surface area contributed by atoms with Gasteiger partial charge in [-0.25, -0.2) is 23.2 Å². The number of aliphatic carboxylic acids is 1. The summed E-state index contributed by atoms with van der Waals surface area (Å²) in [5.74, 6) is -2.56. The highest BCUT2D eigenvalue weighted by Crippen LogP contribution is 2.17. The Morgan fingerprint density at radius 3 is 1.31 bits per heavy atom. The summed E-state index contributed by atoms with van der Waals surface area (Å²) < 4.78 is 35.8. The number of amides is 3.